The van der Waals surface area contributed by atoms with Crippen LogP contribution < -0.4 is 5.32 Å². The molecule has 2 atom stereocenters. The predicted octanol–water partition coefficient (Wildman–Crippen LogP) is 2.91. The van der Waals surface area contributed by atoms with Gasteiger partial charge in [-0.05, 0) is 51.0 Å². The van der Waals surface area contributed by atoms with Crippen LogP contribution in [0.4, 0.5) is 4.39 Å². The van der Waals surface area contributed by atoms with Crippen molar-refractivity contribution in [2.45, 2.75) is 46.1 Å². The summed E-state index contributed by atoms with van der Waals surface area (Å²) in [4.78, 5) is 12.5. The molecule has 0 saturated heterocycles. The highest BCUT2D eigenvalue weighted by Gasteiger charge is 2.39. The highest BCUT2D eigenvalue weighted by atomic mass is 19.1. The summed E-state index contributed by atoms with van der Waals surface area (Å²) in [6, 6.07) is 6.20. The zero-order valence-corrected chi connectivity index (χ0v) is 14.8. The van der Waals surface area contributed by atoms with Crippen molar-refractivity contribution in [1.82, 2.24) is 15.1 Å². The van der Waals surface area contributed by atoms with E-state index < -0.39 is 5.82 Å². The van der Waals surface area contributed by atoms with Crippen molar-refractivity contribution in [3.63, 3.8) is 0 Å². The normalized spacial score (nSPS) is 23.0. The van der Waals surface area contributed by atoms with E-state index in [2.05, 4.69) is 10.4 Å². The van der Waals surface area contributed by atoms with E-state index in [1.165, 1.54) is 10.7 Å². The number of halogens is 1. The molecule has 1 heterocycles. The summed E-state index contributed by atoms with van der Waals surface area (Å²) >= 11 is 0. The van der Waals surface area contributed by atoms with Crippen LogP contribution in [0.25, 0.3) is 5.69 Å². The maximum Gasteiger partial charge on any atom is 0.251 e. The summed E-state index contributed by atoms with van der Waals surface area (Å²) in [5.74, 6) is -0.805. The Morgan fingerprint density at radius 2 is 2.20 bits per heavy atom. The number of benzene rings is 1. The van der Waals surface area contributed by atoms with Gasteiger partial charge in [-0.15, -0.1) is 0 Å². The molecule has 0 bridgehead atoms. The molecule has 1 aromatic carbocycles. The number of hydrogen-bond acceptors (Lipinski definition) is 3. The number of carbonyl (C=O) groups is 1. The molecule has 5 nitrogen and oxygen atoms in total. The smallest absolute Gasteiger partial charge is 0.251 e. The fourth-order valence-electron chi connectivity index (χ4n) is 3.60. The Balaban J connectivity index is 1.81. The van der Waals surface area contributed by atoms with Gasteiger partial charge in [-0.1, -0.05) is 13.3 Å². The van der Waals surface area contributed by atoms with Gasteiger partial charge in [-0.2, -0.15) is 5.10 Å². The Hall–Kier alpha value is -2.21. The Bertz CT molecular complexity index is 802. The number of aliphatic hydroxyl groups excluding tert-OH is 1. The largest absolute Gasteiger partial charge is 0.396 e. The molecule has 134 valence electrons. The minimum absolute atomic E-state index is 0.0309. The molecule has 3 rings (SSSR count). The second kappa shape index (κ2) is 6.59. The van der Waals surface area contributed by atoms with Crippen LogP contribution in [0.3, 0.4) is 0 Å². The lowest BCUT2D eigenvalue weighted by molar-refractivity contribution is 0.0830. The zero-order valence-electron chi connectivity index (χ0n) is 14.8. The molecule has 1 aliphatic rings. The summed E-state index contributed by atoms with van der Waals surface area (Å²) < 4.78 is 16.1. The van der Waals surface area contributed by atoms with Crippen molar-refractivity contribution in [3.8, 4) is 5.69 Å². The van der Waals surface area contributed by atoms with Crippen LogP contribution in [0.15, 0.2) is 24.3 Å². The number of aromatic nitrogens is 2. The maximum atomic E-state index is 14.5. The molecule has 0 spiro atoms. The number of aliphatic hydroxyl groups is 1. The molecular formula is C19H24FN3O2. The highest BCUT2D eigenvalue weighted by molar-refractivity contribution is 5.94. The third-order valence-electron chi connectivity index (χ3n) is 5.20. The molecule has 6 heteroatoms. The third-order valence-corrected chi connectivity index (χ3v) is 5.20. The molecule has 1 fully saturated rings. The molecule has 0 aliphatic heterocycles. The van der Waals surface area contributed by atoms with Gasteiger partial charge >= 0.3 is 0 Å². The van der Waals surface area contributed by atoms with Crippen molar-refractivity contribution in [3.05, 3.63) is 47.0 Å². The van der Waals surface area contributed by atoms with Gasteiger partial charge in [0.15, 0.2) is 0 Å². The van der Waals surface area contributed by atoms with Crippen LogP contribution in [0.1, 0.15) is 47.9 Å². The molecule has 1 amide bonds. The molecule has 2 aromatic rings. The third kappa shape index (κ3) is 3.31. The maximum absolute atomic E-state index is 14.5. The van der Waals surface area contributed by atoms with Gasteiger partial charge < -0.3 is 10.4 Å². The first-order chi connectivity index (χ1) is 11.8. The SMILES string of the molecule is Cc1cc(C)n(-c2ccc(C(=O)NC3CCCC3(C)CO)cc2F)n1. The first-order valence-electron chi connectivity index (χ1n) is 8.59. The fourth-order valence-corrected chi connectivity index (χ4v) is 3.60. The van der Waals surface area contributed by atoms with Crippen LogP contribution in [0, 0.1) is 25.1 Å². The Kier molecular flexibility index (Phi) is 4.64. The number of carbonyl (C=O) groups excluding carboxylic acids is 1. The van der Waals surface area contributed by atoms with Crippen LogP contribution in [0.2, 0.25) is 0 Å². The topological polar surface area (TPSA) is 67.2 Å². The van der Waals surface area contributed by atoms with E-state index in [-0.39, 0.29) is 29.5 Å². The van der Waals surface area contributed by atoms with Crippen molar-refractivity contribution >= 4 is 5.91 Å². The van der Waals surface area contributed by atoms with E-state index in [1.54, 1.807) is 12.1 Å². The Morgan fingerprint density at radius 1 is 1.44 bits per heavy atom. The average molecular weight is 345 g/mol. The Labute approximate surface area is 146 Å². The van der Waals surface area contributed by atoms with Crippen molar-refractivity contribution in [2.75, 3.05) is 6.61 Å². The zero-order chi connectivity index (χ0) is 18.2. The first-order valence-corrected chi connectivity index (χ1v) is 8.59. The molecular weight excluding hydrogens is 321 g/mol. The number of rotatable bonds is 4. The molecule has 2 unspecified atom stereocenters. The van der Waals surface area contributed by atoms with Gasteiger partial charge in [0.1, 0.15) is 11.5 Å². The minimum atomic E-state index is -0.491. The lowest BCUT2D eigenvalue weighted by Gasteiger charge is -2.30. The van der Waals surface area contributed by atoms with Crippen LogP contribution in [-0.4, -0.2) is 33.4 Å². The highest BCUT2D eigenvalue weighted by Crippen LogP contribution is 2.37. The van der Waals surface area contributed by atoms with Crippen molar-refractivity contribution < 1.29 is 14.3 Å². The lowest BCUT2D eigenvalue weighted by atomic mass is 9.85. The number of nitrogens with zero attached hydrogens (tertiary/aromatic N) is 2. The second-order valence-electron chi connectivity index (χ2n) is 7.24. The number of amides is 1. The number of hydrogen-bond donors (Lipinski definition) is 2. The van der Waals surface area contributed by atoms with Gasteiger partial charge in [0, 0.05) is 22.7 Å². The number of aryl methyl sites for hydroxylation is 2. The van der Waals surface area contributed by atoms with Crippen molar-refractivity contribution in [1.29, 1.82) is 0 Å². The van der Waals surface area contributed by atoms with Gasteiger partial charge in [-0.25, -0.2) is 9.07 Å². The minimum Gasteiger partial charge on any atom is -0.396 e. The van der Waals surface area contributed by atoms with Crippen molar-refractivity contribution in [2.24, 2.45) is 5.41 Å². The van der Waals surface area contributed by atoms with Crippen LogP contribution in [0.5, 0.6) is 0 Å². The quantitative estimate of drug-likeness (QED) is 0.895. The monoisotopic (exact) mass is 345 g/mol. The summed E-state index contributed by atoms with van der Waals surface area (Å²) in [5.41, 5.74) is 1.93. The first kappa shape index (κ1) is 17.6. The molecule has 0 radical (unpaired) electrons. The number of nitrogens with one attached hydrogen (secondary N) is 1. The van der Waals surface area contributed by atoms with Gasteiger partial charge in [0.25, 0.3) is 5.91 Å². The summed E-state index contributed by atoms with van der Waals surface area (Å²) in [6.07, 6.45) is 2.67. The molecule has 1 aliphatic carbocycles. The summed E-state index contributed by atoms with van der Waals surface area (Å²) in [7, 11) is 0. The van der Waals surface area contributed by atoms with Gasteiger partial charge in [0.2, 0.25) is 0 Å². The summed E-state index contributed by atoms with van der Waals surface area (Å²) in [5, 5.41) is 16.8. The van der Waals surface area contributed by atoms with Crippen LogP contribution in [-0.2, 0) is 0 Å². The van der Waals surface area contributed by atoms with E-state index in [0.29, 0.717) is 5.69 Å². The van der Waals surface area contributed by atoms with E-state index in [9.17, 15) is 14.3 Å². The molecule has 2 N–H and O–H groups in total. The van der Waals surface area contributed by atoms with Crippen LogP contribution >= 0.6 is 0 Å². The van der Waals surface area contributed by atoms with E-state index >= 15 is 0 Å². The van der Waals surface area contributed by atoms with E-state index in [0.717, 1.165) is 30.7 Å². The fraction of sp³-hybridized carbons (Fsp3) is 0.474. The van der Waals surface area contributed by atoms with E-state index in [1.807, 2.05) is 26.8 Å². The summed E-state index contributed by atoms with van der Waals surface area (Å²) in [6.45, 7) is 5.71. The lowest BCUT2D eigenvalue weighted by Crippen LogP contribution is -2.44. The average Bonchev–Trinajstić information content (AvgIpc) is 3.10. The molecule has 25 heavy (non-hydrogen) atoms. The molecule has 1 aromatic heterocycles. The Morgan fingerprint density at radius 3 is 2.80 bits per heavy atom. The van der Waals surface area contributed by atoms with Gasteiger partial charge in [-0.3, -0.25) is 4.79 Å². The standard InChI is InChI=1S/C19H24FN3O2/c1-12-9-13(2)23(22-12)16-7-6-14(10-15(16)20)18(25)21-17-5-4-8-19(17,3)11-24/h6-7,9-10,17,24H,4-5,8,11H2,1-3H3,(H,21,25). The molecule has 1 saturated carbocycles. The van der Waals surface area contributed by atoms with Gasteiger partial charge in [0.05, 0.1) is 12.3 Å². The second-order valence-corrected chi connectivity index (χ2v) is 7.24. The predicted molar refractivity (Wildman–Crippen MR) is 93.3 cm³/mol. The van der Waals surface area contributed by atoms with E-state index in [4.69, 9.17) is 0 Å².